The standard InChI is InChI=1S/C9H4O2S/c10-4-6-3-7(5-11)9-8(6)1-2-12-9/h1-2H,3H2. The zero-order valence-corrected chi connectivity index (χ0v) is 6.90. The number of hydrogen-bond donors (Lipinski definition) is 0. The topological polar surface area (TPSA) is 34.1 Å². The summed E-state index contributed by atoms with van der Waals surface area (Å²) in [5.74, 6) is 3.69. The third kappa shape index (κ3) is 0.821. The lowest BCUT2D eigenvalue weighted by Gasteiger charge is -1.83. The van der Waals surface area contributed by atoms with Gasteiger partial charge in [-0.1, -0.05) is 0 Å². The Morgan fingerprint density at radius 1 is 1.25 bits per heavy atom. The van der Waals surface area contributed by atoms with Gasteiger partial charge in [0.05, 0.1) is 5.57 Å². The fourth-order valence-corrected chi connectivity index (χ4v) is 2.22. The Kier molecular flexibility index (Phi) is 1.56. The number of rotatable bonds is 0. The van der Waals surface area contributed by atoms with Gasteiger partial charge >= 0.3 is 0 Å². The summed E-state index contributed by atoms with van der Waals surface area (Å²) in [6.07, 6.45) is 0.398. The molecule has 0 bridgehead atoms. The summed E-state index contributed by atoms with van der Waals surface area (Å²) in [7, 11) is 0. The third-order valence-electron chi connectivity index (χ3n) is 1.86. The van der Waals surface area contributed by atoms with Crippen LogP contribution in [0.5, 0.6) is 0 Å². The largest absolute Gasteiger partial charge is 0.233 e. The van der Waals surface area contributed by atoms with E-state index in [2.05, 4.69) is 0 Å². The van der Waals surface area contributed by atoms with E-state index in [1.807, 2.05) is 23.3 Å². The van der Waals surface area contributed by atoms with Crippen molar-refractivity contribution < 1.29 is 9.59 Å². The molecule has 1 aromatic heterocycles. The van der Waals surface area contributed by atoms with Gasteiger partial charge in [-0.05, 0) is 11.4 Å². The second kappa shape index (κ2) is 2.58. The summed E-state index contributed by atoms with van der Waals surface area (Å²) in [6.45, 7) is 0. The van der Waals surface area contributed by atoms with Crippen molar-refractivity contribution in [2.45, 2.75) is 6.42 Å². The van der Waals surface area contributed by atoms with Crippen LogP contribution in [0.3, 0.4) is 0 Å². The summed E-state index contributed by atoms with van der Waals surface area (Å²) in [6, 6.07) is 1.84. The van der Waals surface area contributed by atoms with Crippen molar-refractivity contribution in [3.05, 3.63) is 21.9 Å². The van der Waals surface area contributed by atoms with Gasteiger partial charge < -0.3 is 0 Å². The Morgan fingerprint density at radius 2 is 2.00 bits per heavy atom. The van der Waals surface area contributed by atoms with Crippen molar-refractivity contribution in [2.75, 3.05) is 0 Å². The lowest BCUT2D eigenvalue weighted by atomic mass is 10.2. The molecule has 0 atom stereocenters. The maximum Gasteiger partial charge on any atom is 0.129 e. The van der Waals surface area contributed by atoms with Crippen LogP contribution in [0, 0.1) is 0 Å². The average molecular weight is 176 g/mol. The molecule has 58 valence electrons. The Labute approximate surface area is 72.8 Å². The minimum absolute atomic E-state index is 0.398. The molecule has 1 aliphatic rings. The summed E-state index contributed by atoms with van der Waals surface area (Å²) >= 11 is 1.46. The van der Waals surface area contributed by atoms with E-state index in [0.717, 1.165) is 10.4 Å². The molecule has 0 aliphatic heterocycles. The molecule has 0 aromatic carbocycles. The number of allylic oxidation sites excluding steroid dienone is 2. The van der Waals surface area contributed by atoms with Gasteiger partial charge in [-0.3, -0.25) is 0 Å². The van der Waals surface area contributed by atoms with Gasteiger partial charge in [0.2, 0.25) is 0 Å². The van der Waals surface area contributed by atoms with Crippen LogP contribution >= 0.6 is 11.3 Å². The molecule has 0 fully saturated rings. The van der Waals surface area contributed by atoms with Gasteiger partial charge in [0, 0.05) is 22.4 Å². The Balaban J connectivity index is 2.75. The molecule has 1 heterocycles. The van der Waals surface area contributed by atoms with Crippen LogP contribution < -0.4 is 0 Å². The van der Waals surface area contributed by atoms with Gasteiger partial charge in [0.25, 0.3) is 0 Å². The first kappa shape index (κ1) is 7.26. The SMILES string of the molecule is O=C=C1CC(=C=O)c2sccc21. The van der Waals surface area contributed by atoms with E-state index in [0.29, 0.717) is 17.6 Å². The highest BCUT2D eigenvalue weighted by molar-refractivity contribution is 7.11. The number of carbonyl (C=O) groups excluding carboxylic acids is 2. The van der Waals surface area contributed by atoms with E-state index in [4.69, 9.17) is 0 Å². The fraction of sp³-hybridized carbons (Fsp3) is 0.111. The molecule has 1 aromatic rings. The molecule has 3 heteroatoms. The second-order valence-electron chi connectivity index (χ2n) is 2.50. The van der Waals surface area contributed by atoms with Crippen LogP contribution in [0.4, 0.5) is 0 Å². The van der Waals surface area contributed by atoms with Crippen LogP contribution in [0.15, 0.2) is 11.4 Å². The van der Waals surface area contributed by atoms with E-state index in [-0.39, 0.29) is 0 Å². The normalized spacial score (nSPS) is 14.0. The van der Waals surface area contributed by atoms with Crippen molar-refractivity contribution in [3.8, 4) is 0 Å². The summed E-state index contributed by atoms with van der Waals surface area (Å²) in [5.41, 5.74) is 2.01. The van der Waals surface area contributed by atoms with Crippen LogP contribution in [-0.2, 0) is 9.59 Å². The van der Waals surface area contributed by atoms with Gasteiger partial charge in [0.1, 0.15) is 11.9 Å². The number of thiophene rings is 1. The summed E-state index contributed by atoms with van der Waals surface area (Å²) < 4.78 is 0. The molecule has 0 saturated heterocycles. The van der Waals surface area contributed by atoms with E-state index in [9.17, 15) is 9.59 Å². The molecular formula is C9H4O2S. The maximum absolute atomic E-state index is 10.4. The van der Waals surface area contributed by atoms with E-state index >= 15 is 0 Å². The minimum Gasteiger partial charge on any atom is -0.233 e. The summed E-state index contributed by atoms with van der Waals surface area (Å²) in [5, 5.41) is 1.86. The smallest absolute Gasteiger partial charge is 0.129 e. The van der Waals surface area contributed by atoms with E-state index in [1.54, 1.807) is 0 Å². The Bertz CT molecular complexity index is 391. The zero-order chi connectivity index (χ0) is 8.55. The third-order valence-corrected chi connectivity index (χ3v) is 2.84. The van der Waals surface area contributed by atoms with Gasteiger partial charge in [-0.25, -0.2) is 9.59 Å². The molecule has 0 saturated carbocycles. The van der Waals surface area contributed by atoms with E-state index < -0.39 is 0 Å². The van der Waals surface area contributed by atoms with Gasteiger partial charge in [-0.2, -0.15) is 0 Å². The molecule has 1 aliphatic carbocycles. The second-order valence-corrected chi connectivity index (χ2v) is 3.42. The zero-order valence-electron chi connectivity index (χ0n) is 6.09. The lowest BCUT2D eigenvalue weighted by molar-refractivity contribution is 0.569. The molecule has 2 nitrogen and oxygen atoms in total. The number of hydrogen-bond acceptors (Lipinski definition) is 3. The lowest BCUT2D eigenvalue weighted by Crippen LogP contribution is -1.72. The highest BCUT2D eigenvalue weighted by Gasteiger charge is 2.23. The molecular weight excluding hydrogens is 172 g/mol. The van der Waals surface area contributed by atoms with Crippen LogP contribution in [0.2, 0.25) is 0 Å². The quantitative estimate of drug-likeness (QED) is 0.562. The Morgan fingerprint density at radius 3 is 2.67 bits per heavy atom. The van der Waals surface area contributed by atoms with Crippen LogP contribution in [0.1, 0.15) is 16.9 Å². The predicted octanol–water partition coefficient (Wildman–Crippen LogP) is 1.58. The molecule has 0 radical (unpaired) electrons. The molecule has 0 spiro atoms. The van der Waals surface area contributed by atoms with Crippen molar-refractivity contribution in [2.24, 2.45) is 0 Å². The van der Waals surface area contributed by atoms with E-state index in [1.165, 1.54) is 11.3 Å². The highest BCUT2D eigenvalue weighted by Crippen LogP contribution is 2.40. The van der Waals surface area contributed by atoms with Crippen molar-refractivity contribution in [3.63, 3.8) is 0 Å². The first-order chi connectivity index (χ1) is 5.86. The first-order valence-corrected chi connectivity index (χ1v) is 4.31. The monoisotopic (exact) mass is 176 g/mol. The average Bonchev–Trinajstić information content (AvgIpc) is 2.63. The molecule has 0 amide bonds. The molecule has 0 unspecified atom stereocenters. The maximum atomic E-state index is 10.4. The molecule has 12 heavy (non-hydrogen) atoms. The van der Waals surface area contributed by atoms with Crippen LogP contribution in [0.25, 0.3) is 11.1 Å². The van der Waals surface area contributed by atoms with Gasteiger partial charge in [0.15, 0.2) is 0 Å². The Hall–Kier alpha value is -1.40. The predicted molar refractivity (Wildman–Crippen MR) is 47.1 cm³/mol. The number of fused-ring (bicyclic) bond motifs is 1. The molecule has 0 N–H and O–H groups in total. The van der Waals surface area contributed by atoms with Gasteiger partial charge in [-0.15, -0.1) is 11.3 Å². The summed E-state index contributed by atoms with van der Waals surface area (Å²) in [4.78, 5) is 21.7. The van der Waals surface area contributed by atoms with Crippen molar-refractivity contribution in [1.29, 1.82) is 0 Å². The van der Waals surface area contributed by atoms with Crippen molar-refractivity contribution >= 4 is 34.4 Å². The molecule has 2 rings (SSSR count). The fourth-order valence-electron chi connectivity index (χ4n) is 1.31. The minimum atomic E-state index is 0.398. The first-order valence-electron chi connectivity index (χ1n) is 3.43. The highest BCUT2D eigenvalue weighted by atomic mass is 32.1. The van der Waals surface area contributed by atoms with Crippen LogP contribution in [-0.4, -0.2) is 11.9 Å². The van der Waals surface area contributed by atoms with Crippen molar-refractivity contribution in [1.82, 2.24) is 0 Å².